The molecule has 0 aliphatic carbocycles. The van der Waals surface area contributed by atoms with Gasteiger partial charge in [-0.1, -0.05) is 23.2 Å². The highest BCUT2D eigenvalue weighted by Crippen LogP contribution is 2.27. The Labute approximate surface area is 155 Å². The first-order chi connectivity index (χ1) is 12.0. The number of carbonyl (C=O) groups is 2. The number of ether oxygens (including phenoxy) is 1. The molecule has 6 nitrogen and oxygen atoms in total. The lowest BCUT2D eigenvalue weighted by Gasteiger charge is -2.20. The first kappa shape index (κ1) is 19.1. The van der Waals surface area contributed by atoms with Crippen molar-refractivity contribution in [2.45, 2.75) is 13.5 Å². The molecule has 2 amide bonds. The molecular formula is C17H18Cl2N2O4. The van der Waals surface area contributed by atoms with Crippen LogP contribution in [0.4, 0.5) is 0 Å². The molecule has 0 atom stereocenters. The quantitative estimate of drug-likeness (QED) is 0.758. The summed E-state index contributed by atoms with van der Waals surface area (Å²) in [6, 6.07) is 8.31. The number of hydrogen-bond donors (Lipinski definition) is 1. The van der Waals surface area contributed by atoms with Gasteiger partial charge in [0.05, 0.1) is 17.8 Å². The number of nitrogens with zero attached hydrogens (tertiary/aromatic N) is 1. The monoisotopic (exact) mass is 384 g/mol. The van der Waals surface area contributed by atoms with E-state index < -0.39 is 0 Å². The fourth-order valence-electron chi connectivity index (χ4n) is 2.06. The molecule has 0 saturated carbocycles. The van der Waals surface area contributed by atoms with E-state index in [2.05, 4.69) is 5.32 Å². The number of hydrogen-bond acceptors (Lipinski definition) is 4. The van der Waals surface area contributed by atoms with Gasteiger partial charge in [0.1, 0.15) is 11.5 Å². The van der Waals surface area contributed by atoms with Crippen molar-refractivity contribution in [1.29, 1.82) is 0 Å². The van der Waals surface area contributed by atoms with Crippen LogP contribution < -0.4 is 10.1 Å². The average Bonchev–Trinajstić information content (AvgIpc) is 3.06. The molecule has 0 unspecified atom stereocenters. The van der Waals surface area contributed by atoms with Crippen LogP contribution in [0.25, 0.3) is 0 Å². The molecule has 2 rings (SSSR count). The molecular weight excluding hydrogens is 367 g/mol. The maximum Gasteiger partial charge on any atom is 0.258 e. The molecule has 0 saturated heterocycles. The molecule has 1 N–H and O–H groups in total. The van der Waals surface area contributed by atoms with Gasteiger partial charge >= 0.3 is 0 Å². The van der Waals surface area contributed by atoms with Crippen molar-refractivity contribution in [2.75, 3.05) is 19.7 Å². The number of carbonyl (C=O) groups excluding carboxylic acids is 2. The summed E-state index contributed by atoms with van der Waals surface area (Å²) < 4.78 is 10.6. The third-order valence-electron chi connectivity index (χ3n) is 3.33. The average molecular weight is 385 g/mol. The highest BCUT2D eigenvalue weighted by molar-refractivity contribution is 6.35. The van der Waals surface area contributed by atoms with Crippen LogP contribution in [0.15, 0.2) is 41.0 Å². The van der Waals surface area contributed by atoms with E-state index in [-0.39, 0.29) is 18.4 Å². The predicted molar refractivity (Wildman–Crippen MR) is 94.8 cm³/mol. The summed E-state index contributed by atoms with van der Waals surface area (Å²) in [5, 5.41) is 3.51. The third-order valence-corrected chi connectivity index (χ3v) is 3.86. The molecule has 1 aromatic carbocycles. The minimum Gasteiger partial charge on any atom is -0.482 e. The Hall–Kier alpha value is -2.18. The van der Waals surface area contributed by atoms with Crippen molar-refractivity contribution < 1.29 is 18.7 Å². The lowest BCUT2D eigenvalue weighted by atomic mass is 10.3. The molecule has 1 aromatic heterocycles. The molecule has 0 fully saturated rings. The van der Waals surface area contributed by atoms with Gasteiger partial charge in [0.15, 0.2) is 6.61 Å². The van der Waals surface area contributed by atoms with Crippen LogP contribution in [0.1, 0.15) is 12.7 Å². The minimum absolute atomic E-state index is 0.102. The molecule has 8 heteroatoms. The topological polar surface area (TPSA) is 71.8 Å². The van der Waals surface area contributed by atoms with Crippen LogP contribution in [0.5, 0.6) is 5.75 Å². The SMILES string of the molecule is CC(=O)N(CCNC(=O)COc1ccc(Cl)cc1Cl)Cc1ccco1. The molecule has 1 heterocycles. The number of rotatable bonds is 8. The smallest absolute Gasteiger partial charge is 0.258 e. The Morgan fingerprint density at radius 2 is 2.08 bits per heavy atom. The maximum absolute atomic E-state index is 11.8. The van der Waals surface area contributed by atoms with Gasteiger partial charge in [0.25, 0.3) is 5.91 Å². The van der Waals surface area contributed by atoms with Crippen molar-refractivity contribution in [1.82, 2.24) is 10.2 Å². The lowest BCUT2D eigenvalue weighted by Crippen LogP contribution is -2.38. The highest BCUT2D eigenvalue weighted by atomic mass is 35.5. The van der Waals surface area contributed by atoms with E-state index in [0.717, 1.165) is 0 Å². The van der Waals surface area contributed by atoms with E-state index in [4.69, 9.17) is 32.4 Å². The van der Waals surface area contributed by atoms with E-state index in [1.165, 1.54) is 13.0 Å². The Balaban J connectivity index is 1.74. The Bertz CT molecular complexity index is 719. The van der Waals surface area contributed by atoms with Crippen molar-refractivity contribution in [3.8, 4) is 5.75 Å². The van der Waals surface area contributed by atoms with Gasteiger partial charge in [-0.2, -0.15) is 0 Å². The number of benzene rings is 1. The maximum atomic E-state index is 11.8. The largest absolute Gasteiger partial charge is 0.482 e. The lowest BCUT2D eigenvalue weighted by molar-refractivity contribution is -0.130. The summed E-state index contributed by atoms with van der Waals surface area (Å²) in [5.41, 5.74) is 0. The number of nitrogens with one attached hydrogen (secondary N) is 1. The van der Waals surface area contributed by atoms with Gasteiger partial charge in [-0.25, -0.2) is 0 Å². The van der Waals surface area contributed by atoms with Gasteiger partial charge in [0, 0.05) is 25.0 Å². The highest BCUT2D eigenvalue weighted by Gasteiger charge is 2.12. The van der Waals surface area contributed by atoms with E-state index in [1.54, 1.807) is 35.4 Å². The van der Waals surface area contributed by atoms with Gasteiger partial charge in [-0.05, 0) is 30.3 Å². The standard InChI is InChI=1S/C17H18Cl2N2O4/c1-12(22)21(10-14-3-2-8-24-14)7-6-20-17(23)11-25-16-5-4-13(18)9-15(16)19/h2-5,8-9H,6-7,10-11H2,1H3,(H,20,23). The number of furan rings is 1. The zero-order chi connectivity index (χ0) is 18.2. The van der Waals surface area contributed by atoms with Crippen LogP contribution in [0.2, 0.25) is 10.0 Å². The molecule has 0 spiro atoms. The van der Waals surface area contributed by atoms with Crippen molar-refractivity contribution in [3.05, 3.63) is 52.4 Å². The summed E-state index contributed by atoms with van der Waals surface area (Å²) in [6.07, 6.45) is 1.55. The molecule has 0 bridgehead atoms. The molecule has 2 aromatic rings. The number of amides is 2. The van der Waals surface area contributed by atoms with Crippen molar-refractivity contribution in [2.24, 2.45) is 0 Å². The Kier molecular flexibility index (Phi) is 7.16. The summed E-state index contributed by atoms with van der Waals surface area (Å²) in [5.74, 6) is 0.647. The summed E-state index contributed by atoms with van der Waals surface area (Å²) in [6.45, 7) is 2.31. The van der Waals surface area contributed by atoms with Gasteiger partial charge in [0.2, 0.25) is 5.91 Å². The van der Waals surface area contributed by atoms with Gasteiger partial charge in [-0.3, -0.25) is 9.59 Å². The minimum atomic E-state index is -0.312. The molecule has 0 aliphatic heterocycles. The van der Waals surface area contributed by atoms with E-state index >= 15 is 0 Å². The van der Waals surface area contributed by atoms with Crippen LogP contribution in [-0.2, 0) is 16.1 Å². The van der Waals surface area contributed by atoms with Crippen LogP contribution >= 0.6 is 23.2 Å². The molecule has 134 valence electrons. The summed E-state index contributed by atoms with van der Waals surface area (Å²) >= 11 is 11.8. The second kappa shape index (κ2) is 9.34. The first-order valence-corrected chi connectivity index (χ1v) is 8.33. The molecule has 0 radical (unpaired) electrons. The van der Waals surface area contributed by atoms with E-state index in [9.17, 15) is 9.59 Å². The van der Waals surface area contributed by atoms with Gasteiger partial charge < -0.3 is 19.4 Å². The van der Waals surface area contributed by atoms with Crippen LogP contribution in [-0.4, -0.2) is 36.4 Å². The van der Waals surface area contributed by atoms with E-state index in [0.29, 0.717) is 41.2 Å². The zero-order valence-corrected chi connectivity index (χ0v) is 15.1. The Morgan fingerprint density at radius 3 is 2.72 bits per heavy atom. The van der Waals surface area contributed by atoms with Crippen LogP contribution in [0.3, 0.4) is 0 Å². The molecule has 0 aliphatic rings. The summed E-state index contributed by atoms with van der Waals surface area (Å²) in [7, 11) is 0. The molecule has 25 heavy (non-hydrogen) atoms. The van der Waals surface area contributed by atoms with E-state index in [1.807, 2.05) is 0 Å². The first-order valence-electron chi connectivity index (χ1n) is 7.58. The fourth-order valence-corrected chi connectivity index (χ4v) is 2.52. The fraction of sp³-hybridized carbons (Fsp3) is 0.294. The zero-order valence-electron chi connectivity index (χ0n) is 13.6. The van der Waals surface area contributed by atoms with Gasteiger partial charge in [-0.15, -0.1) is 0 Å². The Morgan fingerprint density at radius 1 is 1.28 bits per heavy atom. The normalized spacial score (nSPS) is 10.4. The van der Waals surface area contributed by atoms with Crippen molar-refractivity contribution in [3.63, 3.8) is 0 Å². The summed E-state index contributed by atoms with van der Waals surface area (Å²) in [4.78, 5) is 25.1. The number of halogens is 2. The predicted octanol–water partition coefficient (Wildman–Crippen LogP) is 3.13. The van der Waals surface area contributed by atoms with Crippen LogP contribution in [0, 0.1) is 0 Å². The third kappa shape index (κ3) is 6.32. The second-order valence-electron chi connectivity index (χ2n) is 5.23. The second-order valence-corrected chi connectivity index (χ2v) is 6.08. The van der Waals surface area contributed by atoms with Crippen molar-refractivity contribution >= 4 is 35.0 Å².